The zero-order valence-electron chi connectivity index (χ0n) is 23.8. The number of methoxy groups -OCH3 is 2. The van der Waals surface area contributed by atoms with Crippen LogP contribution in [0.4, 0.5) is 0 Å². The molecule has 218 valence electrons. The first-order chi connectivity index (χ1) is 20.0. The van der Waals surface area contributed by atoms with E-state index in [0.29, 0.717) is 29.4 Å². The van der Waals surface area contributed by atoms with E-state index >= 15 is 0 Å². The summed E-state index contributed by atoms with van der Waals surface area (Å²) in [6, 6.07) is 21.1. The number of hydrogen-bond acceptors (Lipinski definition) is 7. The highest BCUT2D eigenvalue weighted by Gasteiger charge is 2.10. The third-order valence-electron chi connectivity index (χ3n) is 6.46. The summed E-state index contributed by atoms with van der Waals surface area (Å²) >= 11 is 1.66. The number of pyridine rings is 1. The molecule has 0 aliphatic carbocycles. The predicted octanol–water partition coefficient (Wildman–Crippen LogP) is 7.34. The quantitative estimate of drug-likeness (QED) is 0.0726. The normalized spacial score (nSPS) is 11.2. The number of thioether (sulfide) groups is 1. The fourth-order valence-electron chi connectivity index (χ4n) is 4.25. The number of hydrogen-bond donors (Lipinski definition) is 1. The van der Waals surface area contributed by atoms with Crippen molar-refractivity contribution in [3.8, 4) is 5.75 Å². The molecule has 0 radical (unpaired) electrons. The molecule has 1 N–H and O–H groups in total. The lowest BCUT2D eigenvalue weighted by atomic mass is 10.0. The number of carboxylic acid groups (broad SMARTS) is 1. The summed E-state index contributed by atoms with van der Waals surface area (Å²) in [7, 11) is 3.04. The van der Waals surface area contributed by atoms with E-state index in [1.54, 1.807) is 31.0 Å². The molecule has 0 unspecified atom stereocenters. The van der Waals surface area contributed by atoms with Gasteiger partial charge in [0.1, 0.15) is 5.75 Å². The van der Waals surface area contributed by atoms with Crippen molar-refractivity contribution in [2.75, 3.05) is 20.8 Å². The third kappa shape index (κ3) is 11.7. The second kappa shape index (κ2) is 17.8. The monoisotopic (exact) mass is 577 g/mol. The average Bonchev–Trinajstić information content (AvgIpc) is 2.99. The maximum absolute atomic E-state index is 11.7. The van der Waals surface area contributed by atoms with Crippen molar-refractivity contribution < 1.29 is 28.9 Å². The molecular formula is C33H39NO6S. The van der Waals surface area contributed by atoms with E-state index in [0.717, 1.165) is 55.5 Å². The van der Waals surface area contributed by atoms with E-state index in [1.807, 2.05) is 42.5 Å². The molecule has 3 aromatic rings. The number of nitrogens with zero attached hydrogens (tertiary/aromatic N) is 1. The summed E-state index contributed by atoms with van der Waals surface area (Å²) in [6.45, 7) is 0.365. The zero-order chi connectivity index (χ0) is 29.3. The lowest BCUT2D eigenvalue weighted by molar-refractivity contribution is -0.136. The van der Waals surface area contributed by atoms with Crippen LogP contribution in [0.5, 0.6) is 5.75 Å². The van der Waals surface area contributed by atoms with Gasteiger partial charge >= 0.3 is 11.9 Å². The van der Waals surface area contributed by atoms with Crippen LogP contribution in [0.25, 0.3) is 6.08 Å². The Bertz CT molecular complexity index is 1270. The number of ether oxygens (including phenoxy) is 3. The molecule has 41 heavy (non-hydrogen) atoms. The molecule has 1 heterocycles. The number of esters is 1. The fraction of sp³-hybridized carbons (Fsp3) is 0.364. The number of carbonyl (C=O) groups is 2. The van der Waals surface area contributed by atoms with Crippen LogP contribution in [0.2, 0.25) is 0 Å². The van der Waals surface area contributed by atoms with Gasteiger partial charge in [-0.25, -0.2) is 9.59 Å². The maximum Gasteiger partial charge on any atom is 0.371 e. The molecule has 0 fully saturated rings. The summed E-state index contributed by atoms with van der Waals surface area (Å²) in [6.07, 6.45) is 8.95. The van der Waals surface area contributed by atoms with E-state index in [2.05, 4.69) is 17.1 Å². The summed E-state index contributed by atoms with van der Waals surface area (Å²) in [5, 5.41) is 9.61. The van der Waals surface area contributed by atoms with Crippen LogP contribution in [0, 0.1) is 0 Å². The second-order valence-electron chi connectivity index (χ2n) is 9.62. The molecule has 1 aromatic heterocycles. The molecular weight excluding hydrogens is 538 g/mol. The molecule has 7 nitrogen and oxygen atoms in total. The van der Waals surface area contributed by atoms with Crippen LogP contribution in [0.15, 0.2) is 72.5 Å². The van der Waals surface area contributed by atoms with Gasteiger partial charge in [-0.3, -0.25) is 4.98 Å². The highest BCUT2D eigenvalue weighted by Crippen LogP contribution is 2.19. The van der Waals surface area contributed by atoms with Crippen molar-refractivity contribution in [2.45, 2.75) is 56.5 Å². The average molecular weight is 578 g/mol. The smallest absolute Gasteiger partial charge is 0.371 e. The first kappa shape index (κ1) is 31.7. The summed E-state index contributed by atoms with van der Waals surface area (Å²) < 4.78 is 15.6. The van der Waals surface area contributed by atoms with Gasteiger partial charge in [0.05, 0.1) is 37.8 Å². The highest BCUT2D eigenvalue weighted by molar-refractivity contribution is 7.97. The number of carboxylic acids is 1. The lowest BCUT2D eigenvalue weighted by Gasteiger charge is -2.08. The number of carbonyl (C=O) groups excluding carboxylic acids is 1. The Morgan fingerprint density at radius 3 is 2.32 bits per heavy atom. The Kier molecular flexibility index (Phi) is 13.8. The number of aromatic nitrogens is 1. The van der Waals surface area contributed by atoms with Gasteiger partial charge in [0, 0.05) is 17.6 Å². The summed E-state index contributed by atoms with van der Waals surface area (Å²) in [5.74, 6) is 0.684. The van der Waals surface area contributed by atoms with Crippen molar-refractivity contribution in [3.05, 3.63) is 101 Å². The van der Waals surface area contributed by atoms with E-state index in [-0.39, 0.29) is 11.7 Å². The minimum Gasteiger partial charge on any atom is -0.497 e. The molecule has 0 aliphatic rings. The van der Waals surface area contributed by atoms with Gasteiger partial charge in [0.2, 0.25) is 5.76 Å². The number of benzene rings is 2. The molecule has 8 heteroatoms. The minimum atomic E-state index is -1.10. The fourth-order valence-corrected chi connectivity index (χ4v) is 5.14. The minimum absolute atomic E-state index is 0.0959. The van der Waals surface area contributed by atoms with Gasteiger partial charge in [-0.2, -0.15) is 11.8 Å². The standard InChI is InChI=1S/C33H39NO6S/c1-38-30-18-16-25(17-19-30)11-7-5-3-4-6-8-20-40-31(32(35)36)22-28-14-10-15-29(34-28)24-41-23-26-12-9-13-27(21-26)33(37)39-2/h9-10,12-19,21-22H,3-8,11,20,23-24H2,1-2H3,(H,35,36)/b31-22+. The topological polar surface area (TPSA) is 95.0 Å². The SMILES string of the molecule is COC(=O)c1cccc(CSCc2cccc(/C=C(/OCCCCCCCCc3ccc(OC)cc3)C(=O)O)n2)c1. The van der Waals surface area contributed by atoms with E-state index in [9.17, 15) is 14.7 Å². The Balaban J connectivity index is 1.36. The van der Waals surface area contributed by atoms with Crippen LogP contribution in [-0.4, -0.2) is 42.9 Å². The molecule has 0 spiro atoms. The molecule has 0 aliphatic heterocycles. The highest BCUT2D eigenvalue weighted by atomic mass is 32.2. The number of unbranched alkanes of at least 4 members (excludes halogenated alkanes) is 5. The third-order valence-corrected chi connectivity index (χ3v) is 7.50. The van der Waals surface area contributed by atoms with Gasteiger partial charge in [0.15, 0.2) is 0 Å². The van der Waals surface area contributed by atoms with Crippen molar-refractivity contribution in [2.24, 2.45) is 0 Å². The second-order valence-corrected chi connectivity index (χ2v) is 10.6. The Hall–Kier alpha value is -3.78. The van der Waals surface area contributed by atoms with Crippen molar-refractivity contribution in [1.29, 1.82) is 0 Å². The zero-order valence-corrected chi connectivity index (χ0v) is 24.7. The number of rotatable bonds is 18. The summed E-state index contributed by atoms with van der Waals surface area (Å²) in [4.78, 5) is 28.1. The molecule has 0 saturated carbocycles. The van der Waals surface area contributed by atoms with Crippen LogP contribution < -0.4 is 4.74 Å². The predicted molar refractivity (Wildman–Crippen MR) is 163 cm³/mol. The van der Waals surface area contributed by atoms with E-state index in [4.69, 9.17) is 14.2 Å². The number of aryl methyl sites for hydroxylation is 1. The van der Waals surface area contributed by atoms with Crippen LogP contribution in [-0.2, 0) is 32.2 Å². The molecule has 2 aromatic carbocycles. The van der Waals surface area contributed by atoms with Gasteiger partial charge in [-0.15, -0.1) is 0 Å². The van der Waals surface area contributed by atoms with Crippen molar-refractivity contribution in [3.63, 3.8) is 0 Å². The Morgan fingerprint density at radius 1 is 0.854 bits per heavy atom. The van der Waals surface area contributed by atoms with Crippen LogP contribution in [0.3, 0.4) is 0 Å². The van der Waals surface area contributed by atoms with Gasteiger partial charge < -0.3 is 19.3 Å². The lowest BCUT2D eigenvalue weighted by Crippen LogP contribution is -2.06. The first-order valence-corrected chi connectivity index (χ1v) is 15.1. The Labute approximate surface area is 246 Å². The molecule has 3 rings (SSSR count). The van der Waals surface area contributed by atoms with Gasteiger partial charge in [-0.1, -0.05) is 56.0 Å². The van der Waals surface area contributed by atoms with Crippen molar-refractivity contribution in [1.82, 2.24) is 4.98 Å². The molecule has 0 bridgehead atoms. The van der Waals surface area contributed by atoms with Gasteiger partial charge in [-0.05, 0) is 66.8 Å². The van der Waals surface area contributed by atoms with E-state index in [1.165, 1.54) is 25.2 Å². The molecule has 0 atom stereocenters. The number of aliphatic carboxylic acids is 1. The molecule has 0 saturated heterocycles. The largest absolute Gasteiger partial charge is 0.497 e. The first-order valence-electron chi connectivity index (χ1n) is 13.9. The Morgan fingerprint density at radius 2 is 1.59 bits per heavy atom. The van der Waals surface area contributed by atoms with E-state index < -0.39 is 5.97 Å². The van der Waals surface area contributed by atoms with Crippen molar-refractivity contribution >= 4 is 29.8 Å². The van der Waals surface area contributed by atoms with Crippen LogP contribution in [0.1, 0.15) is 71.4 Å². The summed E-state index contributed by atoms with van der Waals surface area (Å²) in [5.41, 5.74) is 4.25. The van der Waals surface area contributed by atoms with Crippen LogP contribution >= 0.6 is 11.8 Å². The maximum atomic E-state index is 11.7. The van der Waals surface area contributed by atoms with Gasteiger partial charge in [0.25, 0.3) is 0 Å². The molecule has 0 amide bonds.